The fourth-order valence-corrected chi connectivity index (χ4v) is 0.904. The summed E-state index contributed by atoms with van der Waals surface area (Å²) in [6.07, 6.45) is 2.23. The van der Waals surface area contributed by atoms with Crippen LogP contribution >= 0.6 is 31.5 Å². The molecule has 0 aromatic heterocycles. The Morgan fingerprint density at radius 3 is 2.00 bits per heavy atom. The molecule has 0 aliphatic rings. The van der Waals surface area contributed by atoms with Gasteiger partial charge >= 0.3 is 4.36 Å². The Bertz CT molecular complexity index is 108. The van der Waals surface area contributed by atoms with E-state index in [9.17, 15) is 0 Å². The predicted octanol–water partition coefficient (Wildman–Crippen LogP) is 3.41. The molecular formula is C6H11BBr2. The van der Waals surface area contributed by atoms with Crippen LogP contribution in [0.3, 0.4) is 0 Å². The van der Waals surface area contributed by atoms with Crippen LogP contribution in [0.25, 0.3) is 0 Å². The highest BCUT2D eigenvalue weighted by Gasteiger charge is 2.05. The third-order valence-corrected chi connectivity index (χ3v) is 2.38. The van der Waals surface area contributed by atoms with Gasteiger partial charge in [-0.3, -0.25) is 0 Å². The van der Waals surface area contributed by atoms with Crippen molar-refractivity contribution in [2.45, 2.75) is 20.8 Å². The molecule has 0 bridgehead atoms. The van der Waals surface area contributed by atoms with E-state index in [1.807, 2.05) is 0 Å². The maximum Gasteiger partial charge on any atom is 0.325 e. The molecule has 0 saturated heterocycles. The molecule has 0 unspecified atom stereocenters. The van der Waals surface area contributed by atoms with Crippen molar-refractivity contribution in [1.82, 2.24) is 0 Å². The average Bonchev–Trinajstić information content (AvgIpc) is 1.63. The fraction of sp³-hybridized carbons (Fsp3) is 0.667. The van der Waals surface area contributed by atoms with Crippen LogP contribution in [0.4, 0.5) is 0 Å². The minimum atomic E-state index is 0.340. The second-order valence-electron chi connectivity index (χ2n) is 2.46. The van der Waals surface area contributed by atoms with Crippen LogP contribution in [0.5, 0.6) is 0 Å². The van der Waals surface area contributed by atoms with Crippen LogP contribution in [0.1, 0.15) is 20.8 Å². The van der Waals surface area contributed by atoms with Crippen molar-refractivity contribution < 1.29 is 0 Å². The molecule has 0 aliphatic carbocycles. The van der Waals surface area contributed by atoms with Crippen LogP contribution < -0.4 is 0 Å². The number of hydrogen-bond donors (Lipinski definition) is 0. The molecule has 0 heterocycles. The molecule has 3 heteroatoms. The summed E-state index contributed by atoms with van der Waals surface area (Å²) in [5.41, 5.74) is 1.34. The Morgan fingerprint density at radius 1 is 1.44 bits per heavy atom. The van der Waals surface area contributed by atoms with Gasteiger partial charge in [0.05, 0.1) is 0 Å². The maximum atomic E-state index is 3.42. The molecule has 0 spiro atoms. The van der Waals surface area contributed by atoms with Crippen LogP contribution in [-0.2, 0) is 0 Å². The van der Waals surface area contributed by atoms with Gasteiger partial charge in [-0.25, -0.2) is 0 Å². The maximum absolute atomic E-state index is 3.42. The van der Waals surface area contributed by atoms with E-state index in [2.05, 4.69) is 58.4 Å². The van der Waals surface area contributed by atoms with Crippen molar-refractivity contribution >= 4 is 35.9 Å². The van der Waals surface area contributed by atoms with Crippen molar-refractivity contribution in [2.24, 2.45) is 5.92 Å². The Hall–Kier alpha value is 0.765. The summed E-state index contributed by atoms with van der Waals surface area (Å²) >= 11 is 6.83. The smallest absolute Gasteiger partial charge is 0.133 e. The van der Waals surface area contributed by atoms with E-state index in [0.29, 0.717) is 10.3 Å². The van der Waals surface area contributed by atoms with Crippen LogP contribution in [-0.4, -0.2) is 4.36 Å². The van der Waals surface area contributed by atoms with Gasteiger partial charge in [0.25, 0.3) is 0 Å². The van der Waals surface area contributed by atoms with Crippen molar-refractivity contribution in [3.63, 3.8) is 0 Å². The van der Waals surface area contributed by atoms with Gasteiger partial charge in [-0.2, -0.15) is 0 Å². The normalized spacial score (nSPS) is 12.4. The number of allylic oxidation sites excluding steroid dienone is 2. The minimum Gasteiger partial charge on any atom is -0.133 e. The van der Waals surface area contributed by atoms with Gasteiger partial charge < -0.3 is 0 Å². The molecule has 0 fully saturated rings. The lowest BCUT2D eigenvalue weighted by atomic mass is 9.93. The number of rotatable bonds is 2. The molecule has 0 aromatic rings. The third-order valence-electron chi connectivity index (χ3n) is 0.940. The van der Waals surface area contributed by atoms with Gasteiger partial charge in [0.1, 0.15) is 0 Å². The van der Waals surface area contributed by atoms with E-state index in [4.69, 9.17) is 0 Å². The largest absolute Gasteiger partial charge is 0.325 e. The molecule has 0 rings (SSSR count). The standard InChI is InChI=1S/C6H11BBr2/c1-5(2)4-6(3)7(8)9/h4-5H,1-3H3. The first-order chi connectivity index (χ1) is 4.04. The van der Waals surface area contributed by atoms with Crippen molar-refractivity contribution in [2.75, 3.05) is 0 Å². The van der Waals surface area contributed by atoms with Crippen molar-refractivity contribution in [3.8, 4) is 0 Å². The zero-order valence-corrected chi connectivity index (χ0v) is 9.16. The first kappa shape index (κ1) is 9.76. The zero-order valence-electron chi connectivity index (χ0n) is 5.99. The molecule has 0 amide bonds. The Morgan fingerprint density at radius 2 is 1.89 bits per heavy atom. The molecule has 0 aromatic carbocycles. The molecule has 0 nitrogen and oxygen atoms in total. The monoisotopic (exact) mass is 252 g/mol. The quantitative estimate of drug-likeness (QED) is 0.662. The van der Waals surface area contributed by atoms with Gasteiger partial charge in [-0.05, 0) is 5.92 Å². The SMILES string of the molecule is CC(=CC(C)C)B(Br)Br. The van der Waals surface area contributed by atoms with Gasteiger partial charge in [-0.1, -0.05) is 32.3 Å². The fourth-order valence-electron chi connectivity index (χ4n) is 0.599. The van der Waals surface area contributed by atoms with E-state index in [0.717, 1.165) is 0 Å². The van der Waals surface area contributed by atoms with Crippen molar-refractivity contribution in [3.05, 3.63) is 11.5 Å². The Kier molecular flexibility index (Phi) is 4.95. The summed E-state index contributed by atoms with van der Waals surface area (Å²) < 4.78 is 0.340. The molecular weight excluding hydrogens is 243 g/mol. The predicted molar refractivity (Wildman–Crippen MR) is 52.2 cm³/mol. The lowest BCUT2D eigenvalue weighted by Crippen LogP contribution is -1.95. The highest BCUT2D eigenvalue weighted by molar-refractivity contribution is 9.49. The third kappa shape index (κ3) is 5.22. The topological polar surface area (TPSA) is 0 Å². The lowest BCUT2D eigenvalue weighted by molar-refractivity contribution is 0.828. The molecule has 0 N–H and O–H groups in total. The second kappa shape index (κ2) is 4.56. The highest BCUT2D eigenvalue weighted by Crippen LogP contribution is 2.14. The van der Waals surface area contributed by atoms with Crippen LogP contribution in [0.2, 0.25) is 0 Å². The summed E-state index contributed by atoms with van der Waals surface area (Å²) in [5.74, 6) is 0.641. The van der Waals surface area contributed by atoms with Gasteiger partial charge in [0.2, 0.25) is 0 Å². The summed E-state index contributed by atoms with van der Waals surface area (Å²) in [5, 5.41) is 0. The molecule has 52 valence electrons. The highest BCUT2D eigenvalue weighted by atomic mass is 79.9. The summed E-state index contributed by atoms with van der Waals surface area (Å²) in [6, 6.07) is 0. The first-order valence-electron chi connectivity index (χ1n) is 3.00. The summed E-state index contributed by atoms with van der Waals surface area (Å²) in [7, 11) is 0. The second-order valence-corrected chi connectivity index (χ2v) is 5.52. The molecule has 0 aliphatic heterocycles. The van der Waals surface area contributed by atoms with E-state index in [-0.39, 0.29) is 0 Å². The van der Waals surface area contributed by atoms with Crippen LogP contribution in [0, 0.1) is 5.92 Å². The van der Waals surface area contributed by atoms with Gasteiger partial charge in [0, 0.05) is 0 Å². The zero-order chi connectivity index (χ0) is 7.44. The van der Waals surface area contributed by atoms with E-state index >= 15 is 0 Å². The number of hydrogen-bond acceptors (Lipinski definition) is 0. The Labute approximate surface area is 74.1 Å². The first-order valence-corrected chi connectivity index (χ1v) is 4.83. The minimum absolute atomic E-state index is 0.340. The van der Waals surface area contributed by atoms with E-state index in [1.54, 1.807) is 0 Å². The lowest BCUT2D eigenvalue weighted by Gasteiger charge is -2.00. The van der Waals surface area contributed by atoms with Crippen molar-refractivity contribution in [1.29, 1.82) is 0 Å². The molecule has 0 atom stereocenters. The summed E-state index contributed by atoms with van der Waals surface area (Å²) in [4.78, 5) is 0. The molecule has 0 saturated carbocycles. The molecule has 9 heavy (non-hydrogen) atoms. The van der Waals surface area contributed by atoms with Crippen LogP contribution in [0.15, 0.2) is 11.5 Å². The Balaban J connectivity index is 3.84. The van der Waals surface area contributed by atoms with E-state index < -0.39 is 0 Å². The summed E-state index contributed by atoms with van der Waals surface area (Å²) in [6.45, 7) is 6.45. The van der Waals surface area contributed by atoms with Gasteiger partial charge in [0.15, 0.2) is 0 Å². The molecule has 0 radical (unpaired) electrons. The number of halogens is 2. The average molecular weight is 254 g/mol. The van der Waals surface area contributed by atoms with E-state index in [1.165, 1.54) is 5.47 Å². The van der Waals surface area contributed by atoms with Gasteiger partial charge in [-0.15, -0.1) is 31.5 Å².